The van der Waals surface area contributed by atoms with Gasteiger partial charge in [-0.05, 0) is 35.1 Å². The van der Waals surface area contributed by atoms with Crippen LogP contribution in [0.4, 0.5) is 0 Å². The van der Waals surface area contributed by atoms with Gasteiger partial charge in [-0.2, -0.15) is 0 Å². The predicted molar refractivity (Wildman–Crippen MR) is 110 cm³/mol. The number of hydrogen-bond donors (Lipinski definition) is 2. The Morgan fingerprint density at radius 2 is 1.67 bits per heavy atom. The maximum Gasteiger partial charge on any atom is 0.212 e. The second kappa shape index (κ2) is 5.71. The molecule has 5 nitrogen and oxygen atoms in total. The minimum absolute atomic E-state index is 0.437. The molecule has 3 heterocycles. The molecule has 0 spiro atoms. The van der Waals surface area contributed by atoms with Crippen molar-refractivity contribution in [3.63, 3.8) is 0 Å². The molecule has 0 amide bonds. The summed E-state index contributed by atoms with van der Waals surface area (Å²) in [6, 6.07) is 10.9. The van der Waals surface area contributed by atoms with Crippen molar-refractivity contribution in [2.24, 2.45) is 0 Å². The average molecular weight is 357 g/mol. The Labute approximate surface area is 157 Å². The van der Waals surface area contributed by atoms with Gasteiger partial charge in [-0.15, -0.1) is 0 Å². The van der Waals surface area contributed by atoms with Crippen LogP contribution >= 0.6 is 0 Å². The fourth-order valence-corrected chi connectivity index (χ4v) is 4.00. The largest absolute Gasteiger partial charge is 0.338 e. The van der Waals surface area contributed by atoms with Gasteiger partial charge in [0.1, 0.15) is 5.82 Å². The van der Waals surface area contributed by atoms with Gasteiger partial charge < -0.3 is 9.97 Å². The van der Waals surface area contributed by atoms with Crippen LogP contribution in [0.3, 0.4) is 0 Å². The lowest BCUT2D eigenvalue weighted by Crippen LogP contribution is -2.00. The Morgan fingerprint density at radius 3 is 2.37 bits per heavy atom. The van der Waals surface area contributed by atoms with E-state index in [0.29, 0.717) is 11.8 Å². The van der Waals surface area contributed by atoms with Crippen LogP contribution in [0.25, 0.3) is 39.2 Å². The normalized spacial score (nSPS) is 12.4. The van der Waals surface area contributed by atoms with E-state index in [2.05, 4.69) is 77.4 Å². The lowest BCUT2D eigenvalue weighted by Gasteiger charge is -2.17. The maximum atomic E-state index is 4.99. The molecular formula is C22H23N5. The molecule has 0 aliphatic heterocycles. The number of nitrogens with zero attached hydrogens (tertiary/aromatic N) is 3. The van der Waals surface area contributed by atoms with Crippen LogP contribution in [0.1, 0.15) is 50.7 Å². The smallest absolute Gasteiger partial charge is 0.212 e. The fourth-order valence-electron chi connectivity index (χ4n) is 4.00. The number of imidazole rings is 3. The summed E-state index contributed by atoms with van der Waals surface area (Å²) in [5.41, 5.74) is 8.08. The summed E-state index contributed by atoms with van der Waals surface area (Å²) in [5, 5.41) is 0. The van der Waals surface area contributed by atoms with E-state index in [-0.39, 0.29) is 0 Å². The van der Waals surface area contributed by atoms with Crippen molar-refractivity contribution >= 4 is 27.8 Å². The molecule has 0 saturated carbocycles. The molecule has 2 aromatic carbocycles. The van der Waals surface area contributed by atoms with Gasteiger partial charge in [-0.1, -0.05) is 45.9 Å². The van der Waals surface area contributed by atoms with E-state index in [4.69, 9.17) is 4.98 Å². The van der Waals surface area contributed by atoms with Gasteiger partial charge in [0.15, 0.2) is 0 Å². The number of nitrogens with one attached hydrogen (secondary N) is 2. The molecule has 0 atom stereocenters. The second-order valence-corrected chi connectivity index (χ2v) is 7.84. The third-order valence-corrected chi connectivity index (χ3v) is 5.36. The summed E-state index contributed by atoms with van der Waals surface area (Å²) in [6.07, 6.45) is 3.78. The first kappa shape index (κ1) is 16.1. The van der Waals surface area contributed by atoms with Crippen molar-refractivity contribution in [2.75, 3.05) is 0 Å². The molecule has 0 unspecified atom stereocenters. The zero-order valence-corrected chi connectivity index (χ0v) is 16.0. The molecule has 5 rings (SSSR count). The molecule has 0 aliphatic carbocycles. The number of rotatable bonds is 3. The van der Waals surface area contributed by atoms with Crippen molar-refractivity contribution in [3.05, 3.63) is 53.9 Å². The minimum Gasteiger partial charge on any atom is -0.338 e. The summed E-state index contributed by atoms with van der Waals surface area (Å²) in [7, 11) is 0. The number of benzene rings is 2. The maximum absolute atomic E-state index is 4.99. The van der Waals surface area contributed by atoms with Gasteiger partial charge in [0, 0.05) is 18.0 Å². The molecule has 5 aromatic rings. The Hall–Kier alpha value is -3.08. The topological polar surface area (TPSA) is 61.8 Å². The highest BCUT2D eigenvalue weighted by atomic mass is 15.1. The van der Waals surface area contributed by atoms with Crippen molar-refractivity contribution in [1.82, 2.24) is 24.3 Å². The van der Waals surface area contributed by atoms with Crippen LogP contribution < -0.4 is 0 Å². The third-order valence-electron chi connectivity index (χ3n) is 5.36. The second-order valence-electron chi connectivity index (χ2n) is 7.84. The van der Waals surface area contributed by atoms with Crippen molar-refractivity contribution in [2.45, 2.75) is 39.5 Å². The molecule has 0 aliphatic rings. The van der Waals surface area contributed by atoms with Crippen LogP contribution in [0.2, 0.25) is 0 Å². The number of aromatic amines is 2. The van der Waals surface area contributed by atoms with Crippen molar-refractivity contribution in [1.29, 1.82) is 0 Å². The predicted octanol–water partition coefficient (Wildman–Crippen LogP) is 5.61. The standard InChI is InChI=1S/C22H23N5/c1-12(2)14-6-5-7-15(13(3)4)20(14)21-24-16-10-18-19(11-17(16)25-21)27-9-8-23-22(27)26-18/h5-13H,1-4H3,(H,23,26)(H,24,25). The molecule has 2 N–H and O–H groups in total. The van der Waals surface area contributed by atoms with Crippen LogP contribution in [0, 0.1) is 0 Å². The molecule has 0 saturated heterocycles. The van der Waals surface area contributed by atoms with Crippen LogP contribution in [-0.4, -0.2) is 24.3 Å². The molecule has 136 valence electrons. The molecule has 0 bridgehead atoms. The molecular weight excluding hydrogens is 334 g/mol. The van der Waals surface area contributed by atoms with E-state index >= 15 is 0 Å². The van der Waals surface area contributed by atoms with Gasteiger partial charge in [0.2, 0.25) is 5.78 Å². The van der Waals surface area contributed by atoms with Crippen LogP contribution in [0.15, 0.2) is 42.7 Å². The highest BCUT2D eigenvalue weighted by molar-refractivity contribution is 5.94. The van der Waals surface area contributed by atoms with E-state index in [9.17, 15) is 0 Å². The molecule has 5 heteroatoms. The fraction of sp³-hybridized carbons (Fsp3) is 0.273. The van der Waals surface area contributed by atoms with Gasteiger partial charge in [-0.3, -0.25) is 4.40 Å². The average Bonchev–Trinajstić information content (AvgIpc) is 3.32. The monoisotopic (exact) mass is 357 g/mol. The first-order chi connectivity index (χ1) is 13.0. The zero-order valence-electron chi connectivity index (χ0n) is 16.0. The van der Waals surface area contributed by atoms with Crippen LogP contribution in [0.5, 0.6) is 0 Å². The Morgan fingerprint density at radius 1 is 0.926 bits per heavy atom. The quantitative estimate of drug-likeness (QED) is 0.441. The molecule has 3 aromatic heterocycles. The highest BCUT2D eigenvalue weighted by Crippen LogP contribution is 2.36. The van der Waals surface area contributed by atoms with Crippen LogP contribution in [-0.2, 0) is 0 Å². The van der Waals surface area contributed by atoms with Crippen molar-refractivity contribution in [3.8, 4) is 11.4 Å². The summed E-state index contributed by atoms with van der Waals surface area (Å²) in [4.78, 5) is 16.3. The number of aromatic nitrogens is 5. The van der Waals surface area contributed by atoms with E-state index < -0.39 is 0 Å². The third kappa shape index (κ3) is 2.38. The summed E-state index contributed by atoms with van der Waals surface area (Å²) in [5.74, 6) is 2.68. The van der Waals surface area contributed by atoms with Crippen molar-refractivity contribution < 1.29 is 0 Å². The Kier molecular flexibility index (Phi) is 3.41. The summed E-state index contributed by atoms with van der Waals surface area (Å²) >= 11 is 0. The number of H-pyrrole nitrogens is 2. The number of fused-ring (bicyclic) bond motifs is 4. The van der Waals surface area contributed by atoms with Gasteiger partial charge in [-0.25, -0.2) is 9.97 Å². The highest BCUT2D eigenvalue weighted by Gasteiger charge is 2.19. The lowest BCUT2D eigenvalue weighted by molar-refractivity contribution is 0.835. The number of hydrogen-bond acceptors (Lipinski definition) is 2. The minimum atomic E-state index is 0.437. The van der Waals surface area contributed by atoms with Gasteiger partial charge >= 0.3 is 0 Å². The van der Waals surface area contributed by atoms with E-state index in [0.717, 1.165) is 33.7 Å². The zero-order chi connectivity index (χ0) is 18.7. The van der Waals surface area contributed by atoms with E-state index in [1.165, 1.54) is 16.7 Å². The molecule has 0 radical (unpaired) electrons. The van der Waals surface area contributed by atoms with E-state index in [1.807, 2.05) is 6.20 Å². The first-order valence-corrected chi connectivity index (χ1v) is 9.50. The van der Waals surface area contributed by atoms with E-state index in [1.54, 1.807) is 6.20 Å². The summed E-state index contributed by atoms with van der Waals surface area (Å²) < 4.78 is 2.06. The molecule has 27 heavy (non-hydrogen) atoms. The SMILES string of the molecule is CC(C)c1cccc(C(C)C)c1-c1nc2cc3c(cc2[nH]1)[nH]c1nccn13. The Balaban J connectivity index is 1.78. The molecule has 0 fully saturated rings. The first-order valence-electron chi connectivity index (χ1n) is 9.50. The van der Waals surface area contributed by atoms with Gasteiger partial charge in [0.25, 0.3) is 0 Å². The Bertz CT molecular complexity index is 1260. The lowest BCUT2D eigenvalue weighted by atomic mass is 9.88. The van der Waals surface area contributed by atoms with Gasteiger partial charge in [0.05, 0.1) is 22.1 Å². The summed E-state index contributed by atoms with van der Waals surface area (Å²) in [6.45, 7) is 8.96.